The molecule has 1 amide bonds. The predicted octanol–water partition coefficient (Wildman–Crippen LogP) is 5.19. The number of unbranched alkanes of at least 4 members (excludes halogenated alkanes) is 2. The first-order chi connectivity index (χ1) is 16.5. The van der Waals surface area contributed by atoms with Gasteiger partial charge in [-0.2, -0.15) is 4.98 Å². The summed E-state index contributed by atoms with van der Waals surface area (Å²) in [5.41, 5.74) is 1.72. The summed E-state index contributed by atoms with van der Waals surface area (Å²) in [5.74, 6) is -0.0111. The number of carbonyl (C=O) groups is 2. The van der Waals surface area contributed by atoms with Crippen LogP contribution in [-0.2, 0) is 11.3 Å². The minimum absolute atomic E-state index is 0.180. The van der Waals surface area contributed by atoms with Gasteiger partial charge in [0.15, 0.2) is 0 Å². The van der Waals surface area contributed by atoms with Gasteiger partial charge in [-0.15, -0.1) is 0 Å². The summed E-state index contributed by atoms with van der Waals surface area (Å²) < 4.78 is 5.90. The number of rotatable bonds is 12. The molecular formula is C24H26BrN5O4. The second-order valence-corrected chi connectivity index (χ2v) is 8.23. The first kappa shape index (κ1) is 25.0. The number of halogens is 1. The Kier molecular flexibility index (Phi) is 9.65. The molecule has 0 spiro atoms. The molecule has 0 unspecified atom stereocenters. The fourth-order valence-electron chi connectivity index (χ4n) is 3.01. The van der Waals surface area contributed by atoms with E-state index in [4.69, 9.17) is 9.84 Å². The number of nitrogens with one attached hydrogen (secondary N) is 3. The van der Waals surface area contributed by atoms with Crippen LogP contribution in [0.15, 0.2) is 65.3 Å². The maximum atomic E-state index is 11.7. The number of carboxylic acid groups (broad SMARTS) is 1. The van der Waals surface area contributed by atoms with Crippen molar-refractivity contribution in [3.05, 3.63) is 76.4 Å². The zero-order valence-corrected chi connectivity index (χ0v) is 20.0. The van der Waals surface area contributed by atoms with Crippen molar-refractivity contribution >= 4 is 45.4 Å². The van der Waals surface area contributed by atoms with Crippen LogP contribution in [0.3, 0.4) is 0 Å². The molecule has 2 aromatic carbocycles. The molecule has 1 aromatic heterocycles. The molecule has 0 saturated carbocycles. The zero-order chi connectivity index (χ0) is 24.2. The molecule has 0 aliphatic carbocycles. The van der Waals surface area contributed by atoms with E-state index in [1.165, 1.54) is 12.1 Å². The number of amides is 1. The molecule has 4 N–H and O–H groups in total. The number of carbonyl (C=O) groups excluding carboxylic acids is 1. The van der Waals surface area contributed by atoms with Crippen molar-refractivity contribution in [3.8, 4) is 0 Å². The summed E-state index contributed by atoms with van der Waals surface area (Å²) in [6.45, 7) is 1.50. The number of anilines is 3. The maximum absolute atomic E-state index is 11.7. The van der Waals surface area contributed by atoms with Crippen molar-refractivity contribution in [2.45, 2.75) is 25.9 Å². The zero-order valence-electron chi connectivity index (χ0n) is 18.5. The second-order valence-electron chi connectivity index (χ2n) is 7.38. The van der Waals surface area contributed by atoms with Gasteiger partial charge in [0.2, 0.25) is 5.95 Å². The van der Waals surface area contributed by atoms with Gasteiger partial charge in [0.25, 0.3) is 0 Å². The highest BCUT2D eigenvalue weighted by Gasteiger charge is 2.08. The molecule has 1 heterocycles. The molecule has 0 aliphatic heterocycles. The molecule has 0 fully saturated rings. The summed E-state index contributed by atoms with van der Waals surface area (Å²) in [6.07, 6.45) is 3.85. The number of alkyl carbamates (subject to hydrolysis) is 1. The summed E-state index contributed by atoms with van der Waals surface area (Å²) in [6, 6.07) is 16.0. The van der Waals surface area contributed by atoms with Crippen LogP contribution in [0.1, 0.15) is 35.2 Å². The van der Waals surface area contributed by atoms with Gasteiger partial charge in [-0.3, -0.25) is 0 Å². The van der Waals surface area contributed by atoms with Crippen molar-refractivity contribution in [3.63, 3.8) is 0 Å². The van der Waals surface area contributed by atoms with Crippen LogP contribution in [0.4, 0.5) is 22.2 Å². The van der Waals surface area contributed by atoms with Crippen molar-refractivity contribution in [1.29, 1.82) is 0 Å². The third kappa shape index (κ3) is 8.36. The molecule has 0 radical (unpaired) electrons. The van der Waals surface area contributed by atoms with E-state index in [-0.39, 0.29) is 12.2 Å². The van der Waals surface area contributed by atoms with Gasteiger partial charge in [-0.05, 0) is 59.0 Å². The van der Waals surface area contributed by atoms with Crippen molar-refractivity contribution in [1.82, 2.24) is 15.3 Å². The highest BCUT2D eigenvalue weighted by Crippen LogP contribution is 2.22. The summed E-state index contributed by atoms with van der Waals surface area (Å²) in [5, 5.41) is 18.2. The average molecular weight is 528 g/mol. The Bertz CT molecular complexity index is 1100. The van der Waals surface area contributed by atoms with Gasteiger partial charge in [-0.1, -0.05) is 36.4 Å². The van der Waals surface area contributed by atoms with Gasteiger partial charge >= 0.3 is 12.1 Å². The molecule has 0 atom stereocenters. The Balaban J connectivity index is 1.34. The Morgan fingerprint density at radius 2 is 1.79 bits per heavy atom. The smallest absolute Gasteiger partial charge is 0.407 e. The van der Waals surface area contributed by atoms with Gasteiger partial charge in [0.05, 0.1) is 10.0 Å². The molecule has 10 heteroatoms. The monoisotopic (exact) mass is 527 g/mol. The van der Waals surface area contributed by atoms with E-state index in [2.05, 4.69) is 41.8 Å². The van der Waals surface area contributed by atoms with Crippen LogP contribution in [0.25, 0.3) is 0 Å². The van der Waals surface area contributed by atoms with Crippen LogP contribution in [0, 0.1) is 0 Å². The van der Waals surface area contributed by atoms with E-state index in [0.717, 1.165) is 29.3 Å². The van der Waals surface area contributed by atoms with Crippen molar-refractivity contribution in [2.24, 2.45) is 0 Å². The van der Waals surface area contributed by atoms with E-state index in [9.17, 15) is 9.59 Å². The standard InChI is InChI=1S/C24H26BrN5O4/c25-20-15-28-23(29-19-11-7-10-18(14-19)22(31)32)30-21(20)26-12-5-2-6-13-27-24(33)34-16-17-8-3-1-4-9-17/h1,3-4,7-11,14-15H,2,5-6,12-13,16H2,(H,27,33)(H,31,32)(H2,26,28,29,30). The lowest BCUT2D eigenvalue weighted by Gasteiger charge is -2.11. The number of carboxylic acids is 1. The average Bonchev–Trinajstić information content (AvgIpc) is 2.84. The van der Waals surface area contributed by atoms with Crippen LogP contribution in [0.2, 0.25) is 0 Å². The SMILES string of the molecule is O=C(NCCCCCNc1nc(Nc2cccc(C(=O)O)c2)ncc1Br)OCc1ccccc1. The molecule has 0 aliphatic rings. The minimum Gasteiger partial charge on any atom is -0.478 e. The van der Waals surface area contributed by atoms with Gasteiger partial charge < -0.3 is 25.8 Å². The van der Waals surface area contributed by atoms with E-state index < -0.39 is 12.1 Å². The van der Waals surface area contributed by atoms with E-state index in [1.54, 1.807) is 18.3 Å². The maximum Gasteiger partial charge on any atom is 0.407 e. The molecule has 0 bridgehead atoms. The second kappa shape index (κ2) is 13.1. The highest BCUT2D eigenvalue weighted by molar-refractivity contribution is 9.10. The number of benzene rings is 2. The number of aromatic nitrogens is 2. The lowest BCUT2D eigenvalue weighted by atomic mass is 10.2. The topological polar surface area (TPSA) is 125 Å². The fraction of sp³-hybridized carbons (Fsp3) is 0.250. The minimum atomic E-state index is -0.998. The molecule has 9 nitrogen and oxygen atoms in total. The summed E-state index contributed by atoms with van der Waals surface area (Å²) in [7, 11) is 0. The van der Waals surface area contributed by atoms with Crippen LogP contribution in [-0.4, -0.2) is 40.2 Å². The Morgan fingerprint density at radius 1 is 1.00 bits per heavy atom. The van der Waals surface area contributed by atoms with Crippen molar-refractivity contribution in [2.75, 3.05) is 23.7 Å². The Hall–Kier alpha value is -3.66. The van der Waals surface area contributed by atoms with Gasteiger partial charge in [-0.25, -0.2) is 14.6 Å². The lowest BCUT2D eigenvalue weighted by Crippen LogP contribution is -2.25. The third-order valence-electron chi connectivity index (χ3n) is 4.74. The van der Waals surface area contributed by atoms with E-state index in [0.29, 0.717) is 30.5 Å². The van der Waals surface area contributed by atoms with E-state index in [1.807, 2.05) is 30.3 Å². The van der Waals surface area contributed by atoms with Crippen LogP contribution >= 0.6 is 15.9 Å². The molecule has 0 saturated heterocycles. The number of nitrogens with zero attached hydrogens (tertiary/aromatic N) is 2. The summed E-state index contributed by atoms with van der Waals surface area (Å²) in [4.78, 5) is 31.5. The first-order valence-electron chi connectivity index (χ1n) is 10.8. The molecular weight excluding hydrogens is 502 g/mol. The number of hydrogen-bond donors (Lipinski definition) is 4. The molecule has 3 aromatic rings. The molecule has 3 rings (SSSR count). The largest absolute Gasteiger partial charge is 0.478 e. The number of ether oxygens (including phenoxy) is 1. The normalized spacial score (nSPS) is 10.4. The predicted molar refractivity (Wildman–Crippen MR) is 133 cm³/mol. The highest BCUT2D eigenvalue weighted by atomic mass is 79.9. The third-order valence-corrected chi connectivity index (χ3v) is 5.32. The molecule has 178 valence electrons. The van der Waals surface area contributed by atoms with Crippen LogP contribution in [0.5, 0.6) is 0 Å². The van der Waals surface area contributed by atoms with Crippen molar-refractivity contribution < 1.29 is 19.4 Å². The quantitative estimate of drug-likeness (QED) is 0.237. The first-order valence-corrected chi connectivity index (χ1v) is 11.6. The fourth-order valence-corrected chi connectivity index (χ4v) is 3.34. The van der Waals surface area contributed by atoms with Gasteiger partial charge in [0.1, 0.15) is 12.4 Å². The number of hydrogen-bond acceptors (Lipinski definition) is 7. The Labute approximate surface area is 206 Å². The van der Waals surface area contributed by atoms with Gasteiger partial charge in [0, 0.05) is 25.0 Å². The van der Waals surface area contributed by atoms with E-state index >= 15 is 0 Å². The number of aromatic carboxylic acids is 1. The Morgan fingerprint density at radius 3 is 2.59 bits per heavy atom. The lowest BCUT2D eigenvalue weighted by molar-refractivity contribution is 0.0697. The molecule has 34 heavy (non-hydrogen) atoms. The van der Waals surface area contributed by atoms with Crippen LogP contribution < -0.4 is 16.0 Å². The summed E-state index contributed by atoms with van der Waals surface area (Å²) >= 11 is 3.43.